The number of carbonyl (C=O) groups excluding carboxylic acids is 1. The number of nitrogens with zero attached hydrogens (tertiary/aromatic N) is 1. The molecule has 1 aliphatic carbocycles. The maximum atomic E-state index is 12.9. The van der Waals surface area contributed by atoms with Gasteiger partial charge in [-0.15, -0.1) is 0 Å². The Balaban J connectivity index is 1.81. The first kappa shape index (κ1) is 15.7. The Bertz CT molecular complexity index is 711. The molecule has 1 aliphatic rings. The van der Waals surface area contributed by atoms with Crippen molar-refractivity contribution in [1.82, 2.24) is 4.90 Å². The van der Waals surface area contributed by atoms with Gasteiger partial charge in [-0.25, -0.2) is 0 Å². The molecular formula is C18H19ClN2O2. The van der Waals surface area contributed by atoms with Crippen LogP contribution in [0.5, 0.6) is 5.75 Å². The van der Waals surface area contributed by atoms with Crippen LogP contribution in [0.3, 0.4) is 0 Å². The lowest BCUT2D eigenvalue weighted by atomic mass is 10.1. The summed E-state index contributed by atoms with van der Waals surface area (Å²) in [6, 6.07) is 13.1. The van der Waals surface area contributed by atoms with Crippen LogP contribution in [0.25, 0.3) is 0 Å². The minimum Gasteiger partial charge on any atom is -0.497 e. The van der Waals surface area contributed by atoms with Crippen molar-refractivity contribution in [2.75, 3.05) is 12.8 Å². The SMILES string of the molecule is COc1ccc(CN(C(=O)c2ccc(N)cc2Cl)C2CC2)cc1. The van der Waals surface area contributed by atoms with Crippen LogP contribution in [-0.4, -0.2) is 24.0 Å². The molecule has 0 unspecified atom stereocenters. The Morgan fingerprint density at radius 2 is 1.96 bits per heavy atom. The molecule has 2 aromatic carbocycles. The van der Waals surface area contributed by atoms with E-state index in [0.717, 1.165) is 24.2 Å². The number of methoxy groups -OCH3 is 1. The third kappa shape index (κ3) is 3.59. The number of benzene rings is 2. The van der Waals surface area contributed by atoms with Gasteiger partial charge in [0.2, 0.25) is 0 Å². The second kappa shape index (κ2) is 6.50. The summed E-state index contributed by atoms with van der Waals surface area (Å²) < 4.78 is 5.17. The molecule has 1 saturated carbocycles. The van der Waals surface area contributed by atoms with Gasteiger partial charge in [-0.1, -0.05) is 23.7 Å². The highest BCUT2D eigenvalue weighted by Gasteiger charge is 2.33. The van der Waals surface area contributed by atoms with Crippen molar-refractivity contribution in [3.63, 3.8) is 0 Å². The predicted molar refractivity (Wildman–Crippen MR) is 91.8 cm³/mol. The highest BCUT2D eigenvalue weighted by molar-refractivity contribution is 6.34. The van der Waals surface area contributed by atoms with Crippen molar-refractivity contribution >= 4 is 23.2 Å². The molecule has 1 amide bonds. The average molecular weight is 331 g/mol. The standard InChI is InChI=1S/C18H19ClN2O2/c1-23-15-7-2-12(3-8-15)11-21(14-5-6-14)18(22)16-9-4-13(20)10-17(16)19/h2-4,7-10,14H,5-6,11,20H2,1H3. The maximum Gasteiger partial charge on any atom is 0.255 e. The van der Waals surface area contributed by atoms with E-state index in [1.54, 1.807) is 25.3 Å². The number of nitrogen functional groups attached to an aromatic ring is 1. The van der Waals surface area contributed by atoms with E-state index in [1.807, 2.05) is 29.2 Å². The van der Waals surface area contributed by atoms with E-state index in [1.165, 1.54) is 0 Å². The van der Waals surface area contributed by atoms with Crippen molar-refractivity contribution < 1.29 is 9.53 Å². The van der Waals surface area contributed by atoms with Gasteiger partial charge < -0.3 is 15.4 Å². The minimum absolute atomic E-state index is 0.0479. The largest absolute Gasteiger partial charge is 0.497 e. The molecular weight excluding hydrogens is 312 g/mol. The van der Waals surface area contributed by atoms with E-state index in [2.05, 4.69) is 0 Å². The molecule has 2 N–H and O–H groups in total. The van der Waals surface area contributed by atoms with E-state index in [9.17, 15) is 4.79 Å². The number of amides is 1. The van der Waals surface area contributed by atoms with Crippen LogP contribution in [-0.2, 0) is 6.54 Å². The second-order valence-electron chi connectivity index (χ2n) is 5.75. The van der Waals surface area contributed by atoms with Crippen LogP contribution < -0.4 is 10.5 Å². The third-order valence-electron chi connectivity index (χ3n) is 3.98. The topological polar surface area (TPSA) is 55.6 Å². The molecule has 120 valence electrons. The quantitative estimate of drug-likeness (QED) is 0.850. The normalized spacial score (nSPS) is 13.7. The molecule has 4 nitrogen and oxygen atoms in total. The second-order valence-corrected chi connectivity index (χ2v) is 6.16. The van der Waals surface area contributed by atoms with Gasteiger partial charge in [0.05, 0.1) is 17.7 Å². The fraction of sp³-hybridized carbons (Fsp3) is 0.278. The van der Waals surface area contributed by atoms with Gasteiger partial charge in [0.15, 0.2) is 0 Å². The number of halogens is 1. The first-order valence-electron chi connectivity index (χ1n) is 7.57. The average Bonchev–Trinajstić information content (AvgIpc) is 3.37. The number of hydrogen-bond acceptors (Lipinski definition) is 3. The van der Waals surface area contributed by atoms with Crippen LogP contribution in [0.2, 0.25) is 5.02 Å². The zero-order valence-corrected chi connectivity index (χ0v) is 13.7. The smallest absolute Gasteiger partial charge is 0.255 e. The molecule has 0 radical (unpaired) electrons. The number of rotatable bonds is 5. The molecule has 0 spiro atoms. The van der Waals surface area contributed by atoms with Gasteiger partial charge in [0.1, 0.15) is 5.75 Å². The summed E-state index contributed by atoms with van der Waals surface area (Å²) in [5.74, 6) is 0.757. The van der Waals surface area contributed by atoms with Crippen LogP contribution in [0, 0.1) is 0 Å². The van der Waals surface area contributed by atoms with E-state index in [4.69, 9.17) is 22.1 Å². The summed E-state index contributed by atoms with van der Waals surface area (Å²) in [7, 11) is 1.64. The van der Waals surface area contributed by atoms with Gasteiger partial charge >= 0.3 is 0 Å². The fourth-order valence-corrected chi connectivity index (χ4v) is 2.81. The zero-order valence-electron chi connectivity index (χ0n) is 13.0. The Kier molecular flexibility index (Phi) is 4.44. The van der Waals surface area contributed by atoms with Crippen molar-refractivity contribution in [3.8, 4) is 5.75 Å². The Hall–Kier alpha value is -2.20. The first-order chi connectivity index (χ1) is 11.1. The number of carbonyl (C=O) groups is 1. The highest BCUT2D eigenvalue weighted by Crippen LogP contribution is 2.31. The predicted octanol–water partition coefficient (Wildman–Crippen LogP) is 3.74. The monoisotopic (exact) mass is 330 g/mol. The molecule has 23 heavy (non-hydrogen) atoms. The Morgan fingerprint density at radius 3 is 2.52 bits per heavy atom. The van der Waals surface area contributed by atoms with Gasteiger partial charge in [-0.2, -0.15) is 0 Å². The summed E-state index contributed by atoms with van der Waals surface area (Å²) in [6.45, 7) is 0.564. The summed E-state index contributed by atoms with van der Waals surface area (Å²) >= 11 is 6.19. The lowest BCUT2D eigenvalue weighted by molar-refractivity contribution is 0.0730. The van der Waals surface area contributed by atoms with Crippen molar-refractivity contribution in [2.45, 2.75) is 25.4 Å². The van der Waals surface area contributed by atoms with Gasteiger partial charge in [-0.3, -0.25) is 4.79 Å². The Labute approximate surface area is 140 Å². The van der Waals surface area contributed by atoms with Crippen molar-refractivity contribution in [3.05, 3.63) is 58.6 Å². The first-order valence-corrected chi connectivity index (χ1v) is 7.95. The third-order valence-corrected chi connectivity index (χ3v) is 4.30. The molecule has 3 rings (SSSR count). The van der Waals surface area contributed by atoms with Crippen molar-refractivity contribution in [1.29, 1.82) is 0 Å². The van der Waals surface area contributed by atoms with Crippen LogP contribution in [0.15, 0.2) is 42.5 Å². The lowest BCUT2D eigenvalue weighted by Gasteiger charge is -2.23. The lowest BCUT2D eigenvalue weighted by Crippen LogP contribution is -2.32. The van der Waals surface area contributed by atoms with E-state index in [-0.39, 0.29) is 5.91 Å². The molecule has 5 heteroatoms. The molecule has 0 saturated heterocycles. The number of anilines is 1. The summed E-state index contributed by atoms with van der Waals surface area (Å²) in [6.07, 6.45) is 2.07. The van der Waals surface area contributed by atoms with Crippen molar-refractivity contribution in [2.24, 2.45) is 0 Å². The Morgan fingerprint density at radius 1 is 1.26 bits per heavy atom. The maximum absolute atomic E-state index is 12.9. The minimum atomic E-state index is -0.0479. The molecule has 1 fully saturated rings. The van der Waals surface area contributed by atoms with Gasteiger partial charge in [0, 0.05) is 18.3 Å². The van der Waals surface area contributed by atoms with E-state index in [0.29, 0.717) is 28.9 Å². The van der Waals surface area contributed by atoms with Crippen LogP contribution in [0.1, 0.15) is 28.8 Å². The van der Waals surface area contributed by atoms with E-state index < -0.39 is 0 Å². The molecule has 0 heterocycles. The fourth-order valence-electron chi connectivity index (χ4n) is 2.54. The zero-order chi connectivity index (χ0) is 16.4. The number of ether oxygens (including phenoxy) is 1. The van der Waals surface area contributed by atoms with E-state index >= 15 is 0 Å². The molecule has 0 bridgehead atoms. The number of hydrogen-bond donors (Lipinski definition) is 1. The van der Waals surface area contributed by atoms with Gasteiger partial charge in [0.25, 0.3) is 5.91 Å². The molecule has 0 atom stereocenters. The molecule has 2 aromatic rings. The summed E-state index contributed by atoms with van der Waals surface area (Å²) in [5.41, 5.74) is 7.83. The van der Waals surface area contributed by atoms with Crippen LogP contribution >= 0.6 is 11.6 Å². The highest BCUT2D eigenvalue weighted by atomic mass is 35.5. The molecule has 0 aliphatic heterocycles. The van der Waals surface area contributed by atoms with Crippen LogP contribution in [0.4, 0.5) is 5.69 Å². The summed E-state index contributed by atoms with van der Waals surface area (Å²) in [4.78, 5) is 14.8. The molecule has 0 aromatic heterocycles. The van der Waals surface area contributed by atoms with Gasteiger partial charge in [-0.05, 0) is 48.7 Å². The number of nitrogens with two attached hydrogens (primary N) is 1. The summed E-state index contributed by atoms with van der Waals surface area (Å²) in [5, 5.41) is 0.399.